The van der Waals surface area contributed by atoms with Gasteiger partial charge in [-0.1, -0.05) is 34.1 Å². The van der Waals surface area contributed by atoms with Crippen LogP contribution in [0, 0.1) is 0 Å². The molecule has 0 unspecified atom stereocenters. The van der Waals surface area contributed by atoms with Gasteiger partial charge in [-0.3, -0.25) is 4.79 Å². The molecule has 0 radical (unpaired) electrons. The minimum Gasteiger partial charge on any atom is -0.354 e. The van der Waals surface area contributed by atoms with Gasteiger partial charge in [0.25, 0.3) is 5.91 Å². The number of alkyl halides is 1. The second-order valence-corrected chi connectivity index (χ2v) is 3.96. The van der Waals surface area contributed by atoms with Crippen LogP contribution in [0.25, 0.3) is 0 Å². The molecule has 0 atom stereocenters. The van der Waals surface area contributed by atoms with E-state index >= 15 is 0 Å². The van der Waals surface area contributed by atoms with Crippen molar-refractivity contribution in [2.24, 2.45) is 0 Å². The molecule has 0 aliphatic rings. The van der Waals surface area contributed by atoms with Crippen molar-refractivity contribution in [3.05, 3.63) is 35.4 Å². The highest BCUT2D eigenvalue weighted by atomic mass is 79.9. The van der Waals surface area contributed by atoms with Crippen molar-refractivity contribution in [2.75, 3.05) is 20.8 Å². The molecule has 1 amide bonds. The second kappa shape index (κ2) is 7.42. The van der Waals surface area contributed by atoms with E-state index in [2.05, 4.69) is 21.2 Å². The molecule has 0 saturated heterocycles. The average molecular weight is 302 g/mol. The number of hydrogen-bond donors (Lipinski definition) is 1. The number of carbonyl (C=O) groups excluding carboxylic acids is 1. The fourth-order valence-corrected chi connectivity index (χ4v) is 1.88. The zero-order valence-corrected chi connectivity index (χ0v) is 11.5. The molecule has 1 rings (SSSR count). The number of amides is 1. The van der Waals surface area contributed by atoms with Crippen molar-refractivity contribution in [1.82, 2.24) is 5.32 Å². The largest absolute Gasteiger partial charge is 0.354 e. The summed E-state index contributed by atoms with van der Waals surface area (Å²) in [6, 6.07) is 7.44. The molecule has 0 fully saturated rings. The topological polar surface area (TPSA) is 47.6 Å². The van der Waals surface area contributed by atoms with Crippen LogP contribution in [-0.4, -0.2) is 33.0 Å². The third-order valence-electron chi connectivity index (χ3n) is 2.36. The van der Waals surface area contributed by atoms with Crippen LogP contribution in [0.1, 0.15) is 15.9 Å². The van der Waals surface area contributed by atoms with Crippen LogP contribution in [0.4, 0.5) is 0 Å². The summed E-state index contributed by atoms with van der Waals surface area (Å²) < 4.78 is 9.99. The lowest BCUT2D eigenvalue weighted by atomic mass is 10.1. The number of halogens is 1. The van der Waals surface area contributed by atoms with Gasteiger partial charge in [-0.05, 0) is 11.6 Å². The monoisotopic (exact) mass is 301 g/mol. The highest BCUT2D eigenvalue weighted by Crippen LogP contribution is 2.12. The maximum Gasteiger partial charge on any atom is 0.251 e. The van der Waals surface area contributed by atoms with Gasteiger partial charge in [-0.25, -0.2) is 0 Å². The number of ether oxygens (including phenoxy) is 2. The number of nitrogens with one attached hydrogen (secondary N) is 1. The normalized spacial score (nSPS) is 10.6. The van der Waals surface area contributed by atoms with Gasteiger partial charge in [0.15, 0.2) is 6.29 Å². The van der Waals surface area contributed by atoms with Crippen LogP contribution in [0.15, 0.2) is 24.3 Å². The number of carbonyl (C=O) groups is 1. The van der Waals surface area contributed by atoms with Crippen molar-refractivity contribution < 1.29 is 14.3 Å². The van der Waals surface area contributed by atoms with Crippen molar-refractivity contribution in [1.29, 1.82) is 0 Å². The maximum atomic E-state index is 11.9. The van der Waals surface area contributed by atoms with Crippen LogP contribution >= 0.6 is 15.9 Å². The first-order valence-electron chi connectivity index (χ1n) is 5.20. The first kappa shape index (κ1) is 14.2. The summed E-state index contributed by atoms with van der Waals surface area (Å²) in [5.74, 6) is -0.126. The van der Waals surface area contributed by atoms with E-state index in [1.165, 1.54) is 14.2 Å². The Labute approximate surface area is 109 Å². The van der Waals surface area contributed by atoms with Gasteiger partial charge in [0, 0.05) is 25.1 Å². The minimum atomic E-state index is -0.421. The predicted molar refractivity (Wildman–Crippen MR) is 69.2 cm³/mol. The van der Waals surface area contributed by atoms with E-state index in [1.54, 1.807) is 6.07 Å². The molecule has 94 valence electrons. The molecule has 1 aromatic carbocycles. The van der Waals surface area contributed by atoms with Crippen molar-refractivity contribution in [2.45, 2.75) is 11.6 Å². The molecule has 0 aliphatic carbocycles. The van der Waals surface area contributed by atoms with Crippen LogP contribution in [0.3, 0.4) is 0 Å². The van der Waals surface area contributed by atoms with Gasteiger partial charge in [-0.15, -0.1) is 0 Å². The minimum absolute atomic E-state index is 0.126. The van der Waals surface area contributed by atoms with E-state index in [4.69, 9.17) is 9.47 Å². The van der Waals surface area contributed by atoms with Gasteiger partial charge in [-0.2, -0.15) is 0 Å². The Kier molecular flexibility index (Phi) is 6.18. The van der Waals surface area contributed by atoms with E-state index in [1.807, 2.05) is 18.2 Å². The zero-order chi connectivity index (χ0) is 12.7. The van der Waals surface area contributed by atoms with Gasteiger partial charge in [0.05, 0.1) is 6.54 Å². The van der Waals surface area contributed by atoms with E-state index in [0.717, 1.165) is 5.56 Å². The standard InChI is InChI=1S/C12H16BrNO3/c1-16-11(17-2)8-14-12(15)10-6-4-3-5-9(10)7-13/h3-6,11H,7-8H2,1-2H3,(H,14,15). The Morgan fingerprint density at radius 3 is 2.59 bits per heavy atom. The molecular formula is C12H16BrNO3. The lowest BCUT2D eigenvalue weighted by molar-refractivity contribution is -0.0974. The summed E-state index contributed by atoms with van der Waals surface area (Å²) in [5, 5.41) is 3.41. The van der Waals surface area contributed by atoms with Crippen LogP contribution in [-0.2, 0) is 14.8 Å². The fraction of sp³-hybridized carbons (Fsp3) is 0.417. The highest BCUT2D eigenvalue weighted by Gasteiger charge is 2.12. The highest BCUT2D eigenvalue weighted by molar-refractivity contribution is 9.08. The predicted octanol–water partition coefficient (Wildman–Crippen LogP) is 1.93. The summed E-state index contributed by atoms with van der Waals surface area (Å²) >= 11 is 3.35. The van der Waals surface area contributed by atoms with Gasteiger partial charge in [0.1, 0.15) is 0 Å². The number of methoxy groups -OCH3 is 2. The number of rotatable bonds is 6. The summed E-state index contributed by atoms with van der Waals surface area (Å²) in [4.78, 5) is 11.9. The van der Waals surface area contributed by atoms with Gasteiger partial charge in [0.2, 0.25) is 0 Å². The molecular weight excluding hydrogens is 286 g/mol. The van der Waals surface area contributed by atoms with Crippen molar-refractivity contribution in [3.8, 4) is 0 Å². The van der Waals surface area contributed by atoms with Gasteiger partial charge < -0.3 is 14.8 Å². The zero-order valence-electron chi connectivity index (χ0n) is 9.90. The van der Waals surface area contributed by atoms with Gasteiger partial charge >= 0.3 is 0 Å². The molecule has 0 saturated carbocycles. The van der Waals surface area contributed by atoms with Crippen molar-refractivity contribution in [3.63, 3.8) is 0 Å². The Balaban J connectivity index is 2.63. The summed E-state index contributed by atoms with van der Waals surface area (Å²) in [7, 11) is 3.07. The number of hydrogen-bond acceptors (Lipinski definition) is 3. The molecule has 0 spiro atoms. The fourth-order valence-electron chi connectivity index (χ4n) is 1.39. The van der Waals surface area contributed by atoms with Crippen LogP contribution in [0.5, 0.6) is 0 Å². The molecule has 5 heteroatoms. The SMILES string of the molecule is COC(CNC(=O)c1ccccc1CBr)OC. The molecule has 0 bridgehead atoms. The Bertz CT molecular complexity index is 367. The Hall–Kier alpha value is -0.910. The lowest BCUT2D eigenvalue weighted by Gasteiger charge is -2.14. The van der Waals surface area contributed by atoms with Crippen LogP contribution < -0.4 is 5.32 Å². The molecule has 1 aromatic rings. The molecule has 1 N–H and O–H groups in total. The quantitative estimate of drug-likeness (QED) is 0.645. The first-order valence-corrected chi connectivity index (χ1v) is 6.32. The number of benzene rings is 1. The summed E-state index contributed by atoms with van der Waals surface area (Å²) in [6.07, 6.45) is -0.421. The smallest absolute Gasteiger partial charge is 0.251 e. The van der Waals surface area contributed by atoms with E-state index < -0.39 is 6.29 Å². The molecule has 0 heterocycles. The van der Waals surface area contributed by atoms with Crippen molar-refractivity contribution >= 4 is 21.8 Å². The van der Waals surface area contributed by atoms with E-state index in [0.29, 0.717) is 17.4 Å². The second-order valence-electron chi connectivity index (χ2n) is 3.40. The third-order valence-corrected chi connectivity index (χ3v) is 2.97. The molecule has 17 heavy (non-hydrogen) atoms. The molecule has 0 aliphatic heterocycles. The average Bonchev–Trinajstić information content (AvgIpc) is 2.39. The lowest BCUT2D eigenvalue weighted by Crippen LogP contribution is -2.34. The molecule has 0 aromatic heterocycles. The van der Waals surface area contributed by atoms with Crippen LogP contribution in [0.2, 0.25) is 0 Å². The summed E-state index contributed by atoms with van der Waals surface area (Å²) in [6.45, 7) is 0.322. The van der Waals surface area contributed by atoms with E-state index in [-0.39, 0.29) is 5.91 Å². The maximum absolute atomic E-state index is 11.9. The van der Waals surface area contributed by atoms with E-state index in [9.17, 15) is 4.79 Å². The Morgan fingerprint density at radius 2 is 2.00 bits per heavy atom. The molecule has 4 nitrogen and oxygen atoms in total. The third kappa shape index (κ3) is 4.11. The Morgan fingerprint density at radius 1 is 1.35 bits per heavy atom. The summed E-state index contributed by atoms with van der Waals surface area (Å²) in [5.41, 5.74) is 1.62. The first-order chi connectivity index (χ1) is 8.22.